The van der Waals surface area contributed by atoms with Gasteiger partial charge in [0.1, 0.15) is 5.82 Å². The van der Waals surface area contributed by atoms with Crippen molar-refractivity contribution in [2.75, 3.05) is 10.6 Å². The number of nitrogens with zero attached hydrogens (tertiary/aromatic N) is 2. The number of benzene rings is 2. The summed E-state index contributed by atoms with van der Waals surface area (Å²) in [6.07, 6.45) is 5.64. The summed E-state index contributed by atoms with van der Waals surface area (Å²) in [4.78, 5) is 20.5. The molecule has 1 aromatic heterocycles. The maximum Gasteiger partial charge on any atom is 0.225 e. The van der Waals surface area contributed by atoms with Crippen LogP contribution in [0, 0.1) is 5.92 Å². The summed E-state index contributed by atoms with van der Waals surface area (Å²) in [6, 6.07) is 15.9. The predicted molar refractivity (Wildman–Crippen MR) is 129 cm³/mol. The van der Waals surface area contributed by atoms with Gasteiger partial charge in [-0.2, -0.15) is 4.98 Å². The van der Waals surface area contributed by atoms with Crippen LogP contribution < -0.4 is 16.4 Å². The highest BCUT2D eigenvalue weighted by Crippen LogP contribution is 2.30. The molecule has 0 atom stereocenters. The molecule has 0 bridgehead atoms. The number of carbonyl (C=O) groups excluding carboxylic acids is 1. The molecule has 0 spiro atoms. The Bertz CT molecular complexity index is 1020. The zero-order valence-corrected chi connectivity index (χ0v) is 18.8. The lowest BCUT2D eigenvalue weighted by Crippen LogP contribution is -2.27. The van der Waals surface area contributed by atoms with Crippen LogP contribution in [0.1, 0.15) is 38.5 Å². The highest BCUT2D eigenvalue weighted by atomic mass is 35.5. The molecule has 3 aromatic rings. The molecule has 0 saturated heterocycles. The standard InChI is InChI=1S/C23H26ClN5O.ClH/c24-16-8-12-17(13-9-16)26-22-19-3-1-2-4-20(19)28-23(29-22)27-18-10-5-15(6-11-18)7-14-21(25)30;/h1-4,8-9,12-13,15,18H,5-7,10-11,14H2,(H2,25,30)(H2,26,27,28,29);1H. The summed E-state index contributed by atoms with van der Waals surface area (Å²) < 4.78 is 0. The first-order chi connectivity index (χ1) is 14.6. The molecule has 1 fully saturated rings. The van der Waals surface area contributed by atoms with Gasteiger partial charge in [0.05, 0.1) is 5.52 Å². The van der Waals surface area contributed by atoms with Crippen LogP contribution in [0.25, 0.3) is 10.9 Å². The minimum Gasteiger partial charge on any atom is -0.370 e. The summed E-state index contributed by atoms with van der Waals surface area (Å²) in [5.74, 6) is 1.77. The molecule has 0 aliphatic heterocycles. The lowest BCUT2D eigenvalue weighted by Gasteiger charge is -2.29. The Balaban J connectivity index is 0.00000272. The van der Waals surface area contributed by atoms with E-state index in [9.17, 15) is 4.79 Å². The van der Waals surface area contributed by atoms with E-state index in [-0.39, 0.29) is 18.3 Å². The van der Waals surface area contributed by atoms with Crippen LogP contribution in [0.4, 0.5) is 17.5 Å². The zero-order valence-electron chi connectivity index (χ0n) is 17.2. The maximum absolute atomic E-state index is 11.0. The van der Waals surface area contributed by atoms with E-state index in [1.54, 1.807) is 0 Å². The summed E-state index contributed by atoms with van der Waals surface area (Å²) >= 11 is 6.00. The highest BCUT2D eigenvalue weighted by Gasteiger charge is 2.22. The number of primary amides is 1. The molecule has 1 saturated carbocycles. The van der Waals surface area contributed by atoms with Crippen LogP contribution >= 0.6 is 24.0 Å². The molecule has 164 valence electrons. The minimum atomic E-state index is -0.208. The van der Waals surface area contributed by atoms with E-state index in [1.807, 2.05) is 48.5 Å². The number of para-hydroxylation sites is 1. The number of carbonyl (C=O) groups is 1. The van der Waals surface area contributed by atoms with Crippen LogP contribution in [0.15, 0.2) is 48.5 Å². The third-order valence-electron chi connectivity index (χ3n) is 5.69. The average Bonchev–Trinajstić information content (AvgIpc) is 2.75. The van der Waals surface area contributed by atoms with E-state index < -0.39 is 0 Å². The fourth-order valence-corrected chi connectivity index (χ4v) is 4.16. The number of hydrogen-bond acceptors (Lipinski definition) is 5. The second-order valence-corrected chi connectivity index (χ2v) is 8.35. The van der Waals surface area contributed by atoms with Crippen LogP contribution in [0.5, 0.6) is 0 Å². The lowest BCUT2D eigenvalue weighted by molar-refractivity contribution is -0.118. The van der Waals surface area contributed by atoms with Gasteiger partial charge in [-0.3, -0.25) is 4.79 Å². The van der Waals surface area contributed by atoms with Gasteiger partial charge in [-0.1, -0.05) is 23.7 Å². The molecule has 31 heavy (non-hydrogen) atoms. The van der Waals surface area contributed by atoms with Gasteiger partial charge in [0.25, 0.3) is 0 Å². The second kappa shape index (κ2) is 10.6. The number of hydrogen-bond donors (Lipinski definition) is 3. The van der Waals surface area contributed by atoms with Crippen molar-refractivity contribution in [3.63, 3.8) is 0 Å². The monoisotopic (exact) mass is 459 g/mol. The normalized spacial score (nSPS) is 18.2. The Kier molecular flexibility index (Phi) is 7.93. The van der Waals surface area contributed by atoms with Gasteiger partial charge in [0.2, 0.25) is 11.9 Å². The van der Waals surface area contributed by atoms with Crippen LogP contribution in [-0.2, 0) is 4.79 Å². The third kappa shape index (κ3) is 6.21. The number of aromatic nitrogens is 2. The van der Waals surface area contributed by atoms with Gasteiger partial charge in [-0.25, -0.2) is 4.98 Å². The largest absolute Gasteiger partial charge is 0.370 e. The Hall–Kier alpha value is -2.57. The van der Waals surface area contributed by atoms with E-state index in [1.165, 1.54) is 0 Å². The summed E-state index contributed by atoms with van der Waals surface area (Å²) in [6.45, 7) is 0. The van der Waals surface area contributed by atoms with Gasteiger partial charge in [-0.05, 0) is 74.4 Å². The molecule has 1 aliphatic rings. The molecule has 1 amide bonds. The number of halogens is 2. The summed E-state index contributed by atoms with van der Waals surface area (Å²) in [5, 5.41) is 8.57. The van der Waals surface area contributed by atoms with Crippen LogP contribution in [0.3, 0.4) is 0 Å². The first-order valence-electron chi connectivity index (χ1n) is 10.4. The molecule has 6 nitrogen and oxygen atoms in total. The van der Waals surface area contributed by atoms with E-state index in [2.05, 4.69) is 10.6 Å². The zero-order chi connectivity index (χ0) is 20.9. The van der Waals surface area contributed by atoms with Gasteiger partial charge >= 0.3 is 0 Å². The molecule has 4 rings (SSSR count). The first kappa shape index (κ1) is 23.1. The maximum atomic E-state index is 11.0. The van der Waals surface area contributed by atoms with E-state index in [0.29, 0.717) is 29.4 Å². The van der Waals surface area contributed by atoms with Gasteiger partial charge in [-0.15, -0.1) is 12.4 Å². The average molecular weight is 460 g/mol. The molecule has 0 radical (unpaired) electrons. The van der Waals surface area contributed by atoms with Crippen molar-refractivity contribution in [3.05, 3.63) is 53.6 Å². The van der Waals surface area contributed by atoms with Gasteiger partial charge < -0.3 is 16.4 Å². The van der Waals surface area contributed by atoms with Crippen LogP contribution in [-0.4, -0.2) is 21.9 Å². The Labute approximate surface area is 193 Å². The Morgan fingerprint density at radius 1 is 1.03 bits per heavy atom. The van der Waals surface area contributed by atoms with Gasteiger partial charge in [0, 0.05) is 28.6 Å². The number of amides is 1. The van der Waals surface area contributed by atoms with Crippen molar-refractivity contribution in [3.8, 4) is 0 Å². The highest BCUT2D eigenvalue weighted by molar-refractivity contribution is 6.30. The summed E-state index contributed by atoms with van der Waals surface area (Å²) in [7, 11) is 0. The topological polar surface area (TPSA) is 92.9 Å². The SMILES string of the molecule is Cl.NC(=O)CCC1CCC(Nc2nc(Nc3ccc(Cl)cc3)c3ccccc3n2)CC1. The number of rotatable bonds is 7. The molecular formula is C23H27Cl2N5O. The minimum absolute atomic E-state index is 0. The fourth-order valence-electron chi connectivity index (χ4n) is 4.03. The molecular weight excluding hydrogens is 433 g/mol. The number of nitrogens with two attached hydrogens (primary N) is 1. The van der Waals surface area contributed by atoms with Crippen molar-refractivity contribution in [2.45, 2.75) is 44.6 Å². The Morgan fingerprint density at radius 2 is 1.74 bits per heavy atom. The molecule has 4 N–H and O–H groups in total. The van der Waals surface area contributed by atoms with Crippen molar-refractivity contribution in [1.29, 1.82) is 0 Å². The van der Waals surface area contributed by atoms with Crippen molar-refractivity contribution >= 4 is 58.3 Å². The van der Waals surface area contributed by atoms with E-state index >= 15 is 0 Å². The first-order valence-corrected chi connectivity index (χ1v) is 10.8. The van der Waals surface area contributed by atoms with Crippen molar-refractivity contribution in [2.24, 2.45) is 11.7 Å². The van der Waals surface area contributed by atoms with Crippen molar-refractivity contribution in [1.82, 2.24) is 9.97 Å². The van der Waals surface area contributed by atoms with Gasteiger partial charge in [0.15, 0.2) is 0 Å². The second-order valence-electron chi connectivity index (χ2n) is 7.91. The van der Waals surface area contributed by atoms with Crippen LogP contribution in [0.2, 0.25) is 5.02 Å². The molecule has 8 heteroatoms. The number of nitrogens with one attached hydrogen (secondary N) is 2. The van der Waals surface area contributed by atoms with E-state index in [4.69, 9.17) is 27.3 Å². The van der Waals surface area contributed by atoms with E-state index in [0.717, 1.165) is 54.5 Å². The Morgan fingerprint density at radius 3 is 2.45 bits per heavy atom. The molecule has 1 aliphatic carbocycles. The molecule has 2 aromatic carbocycles. The molecule has 0 unspecified atom stereocenters. The number of anilines is 3. The smallest absolute Gasteiger partial charge is 0.225 e. The van der Waals surface area contributed by atoms with Crippen molar-refractivity contribution < 1.29 is 4.79 Å². The lowest BCUT2D eigenvalue weighted by atomic mass is 9.83. The quantitative estimate of drug-likeness (QED) is 0.422. The summed E-state index contributed by atoms with van der Waals surface area (Å²) in [5.41, 5.74) is 7.09. The molecule has 1 heterocycles. The predicted octanol–water partition coefficient (Wildman–Crippen LogP) is 5.68. The third-order valence-corrected chi connectivity index (χ3v) is 5.94. The fraction of sp³-hybridized carbons (Fsp3) is 0.348. The number of fused-ring (bicyclic) bond motifs is 1.